The Morgan fingerprint density at radius 3 is 0.278 bits per heavy atom. The van der Waals surface area contributed by atoms with Crippen LogP contribution in [0.4, 0.5) is 0 Å². The molecule has 3 nitrogen and oxygen atoms in total. The topological polar surface area (TPSA) is 51.2 Å². The molecule has 0 aliphatic heterocycles. The van der Waals surface area contributed by atoms with Crippen LogP contribution in [0.1, 0.15) is 425 Å². The van der Waals surface area contributed by atoms with Crippen LogP contribution in [-0.2, 0) is 35.4 Å². The van der Waals surface area contributed by atoms with Gasteiger partial charge in [0, 0.05) is 21.1 Å². The molecule has 3 atom stereocenters. The Kier molecular flexibility index (Phi) is 127. The van der Waals surface area contributed by atoms with E-state index in [9.17, 15) is 0 Å². The fourth-order valence-electron chi connectivity index (χ4n) is 10.7. The van der Waals surface area contributed by atoms with Crippen molar-refractivity contribution in [1.29, 1.82) is 0 Å². The summed E-state index contributed by atoms with van der Waals surface area (Å²) in [6.07, 6.45) is 96.6. The second-order valence-electron chi connectivity index (χ2n) is 23.6. The van der Waals surface area contributed by atoms with Gasteiger partial charge in [-0.3, -0.25) is 0 Å². The molecule has 79 heavy (non-hydrogen) atoms. The van der Waals surface area contributed by atoms with Crippen molar-refractivity contribution in [1.82, 2.24) is 0 Å². The van der Waals surface area contributed by atoms with Crippen molar-refractivity contribution in [2.75, 3.05) is 18.5 Å². The second kappa shape index (κ2) is 107. The van der Waals surface area contributed by atoms with Gasteiger partial charge in [0.25, 0.3) is 0 Å². The van der Waals surface area contributed by atoms with E-state index in [0.717, 1.165) is 0 Å². The van der Waals surface area contributed by atoms with Gasteiger partial charge in [-0.15, -0.1) is 27.7 Å². The minimum absolute atomic E-state index is 0. The van der Waals surface area contributed by atoms with Crippen LogP contribution in [0.3, 0.4) is 0 Å². The van der Waals surface area contributed by atoms with E-state index in [4.69, 9.17) is 14.4 Å². The van der Waals surface area contributed by atoms with E-state index in [1.54, 1.807) is 0 Å². The Hall–Kier alpha value is 0.988. The molecule has 0 N–H and O–H groups in total. The standard InChI is InChI=1S/3C23H49P.3CH2O.W/c3*1-2-3-4-5-6-7-8-9-10-11-12-13-14-15-16-17-18-19-20-21-22-23-24;3*1-2;/h3*2-24H2,1H3;3*1H2;. The Labute approximate surface area is 524 Å². The van der Waals surface area contributed by atoms with Gasteiger partial charge in [-0.25, -0.2) is 0 Å². The van der Waals surface area contributed by atoms with Gasteiger partial charge in [0.2, 0.25) is 0 Å². The third-order valence-electron chi connectivity index (χ3n) is 15.9. The normalized spacial score (nSPS) is 10.4. The summed E-state index contributed by atoms with van der Waals surface area (Å²) in [5, 5.41) is 0. The maximum atomic E-state index is 8.00. The molecule has 0 radical (unpaired) electrons. The smallest absolute Gasteiger partial charge is 0.106 e. The average molecular weight is 1340 g/mol. The summed E-state index contributed by atoms with van der Waals surface area (Å²) in [6.45, 7) is 12.9. The van der Waals surface area contributed by atoms with Crippen molar-refractivity contribution in [2.24, 2.45) is 0 Å². The number of rotatable bonds is 63. The molecule has 0 rings (SSSR count). The second-order valence-corrected chi connectivity index (χ2v) is 25.3. The van der Waals surface area contributed by atoms with Gasteiger partial charge in [-0.1, -0.05) is 406 Å². The quantitative estimate of drug-likeness (QED) is 0.0450. The maximum Gasteiger partial charge on any atom is 0.106 e. The molecule has 0 amide bonds. The molecule has 0 spiro atoms. The average Bonchev–Trinajstić information content (AvgIpc) is 3.47. The van der Waals surface area contributed by atoms with Gasteiger partial charge in [0.05, 0.1) is 0 Å². The van der Waals surface area contributed by atoms with Crippen LogP contribution < -0.4 is 0 Å². The maximum absolute atomic E-state index is 8.00. The summed E-state index contributed by atoms with van der Waals surface area (Å²) in [4.78, 5) is 24.0. The monoisotopic (exact) mass is 1340 g/mol. The summed E-state index contributed by atoms with van der Waals surface area (Å²) < 4.78 is 0. The molecule has 7 heteroatoms. The summed E-state index contributed by atoms with van der Waals surface area (Å²) in [7, 11) is 8.51. The Morgan fingerprint density at radius 1 is 0.152 bits per heavy atom. The minimum Gasteiger partial charge on any atom is -0.307 e. The molecule has 3 unspecified atom stereocenters. The van der Waals surface area contributed by atoms with Gasteiger partial charge in [0.15, 0.2) is 0 Å². The van der Waals surface area contributed by atoms with Crippen molar-refractivity contribution >= 4 is 48.1 Å². The number of hydrogen-bond donors (Lipinski definition) is 0. The molecule has 480 valence electrons. The predicted octanol–water partition coefficient (Wildman–Crippen LogP) is 26.7. The van der Waals surface area contributed by atoms with E-state index in [1.165, 1.54) is 423 Å². The zero-order valence-corrected chi connectivity index (χ0v) is 61.6. The van der Waals surface area contributed by atoms with E-state index in [0.29, 0.717) is 0 Å². The number of unbranched alkanes of at least 4 members (excludes halogenated alkanes) is 60. The van der Waals surface area contributed by atoms with E-state index < -0.39 is 0 Å². The van der Waals surface area contributed by atoms with E-state index in [2.05, 4.69) is 48.5 Å². The van der Waals surface area contributed by atoms with Crippen molar-refractivity contribution in [2.45, 2.75) is 425 Å². The molecule has 0 aromatic heterocycles. The third-order valence-corrected chi connectivity index (χ3v) is 17.1. The Morgan fingerprint density at radius 2 is 0.215 bits per heavy atom. The first-order chi connectivity index (χ1) is 38.7. The van der Waals surface area contributed by atoms with Gasteiger partial charge in [-0.05, 0) is 37.7 Å². The molecule has 0 heterocycles. The van der Waals surface area contributed by atoms with Crippen LogP contribution in [0.2, 0.25) is 0 Å². The number of carbonyl (C=O) groups excluding carboxylic acids is 3. The van der Waals surface area contributed by atoms with E-state index >= 15 is 0 Å². The molecule has 0 aromatic carbocycles. The first-order valence-corrected chi connectivity index (χ1v) is 38.2. The molecule has 0 aromatic rings. The van der Waals surface area contributed by atoms with Crippen molar-refractivity contribution in [3.05, 3.63) is 0 Å². The zero-order chi connectivity index (χ0) is 58.7. The molecule has 0 aliphatic carbocycles. The molecule has 0 aliphatic rings. The van der Waals surface area contributed by atoms with Crippen molar-refractivity contribution in [3.63, 3.8) is 0 Å². The molecule has 0 saturated carbocycles. The number of hydrogen-bond acceptors (Lipinski definition) is 3. The van der Waals surface area contributed by atoms with Gasteiger partial charge in [-0.2, -0.15) is 0 Å². The van der Waals surface area contributed by atoms with Crippen LogP contribution >= 0.6 is 27.7 Å². The van der Waals surface area contributed by atoms with Crippen LogP contribution in [0.5, 0.6) is 0 Å². The van der Waals surface area contributed by atoms with Gasteiger partial charge < -0.3 is 14.4 Å². The predicted molar refractivity (Wildman–Crippen MR) is 373 cm³/mol. The van der Waals surface area contributed by atoms with Gasteiger partial charge in [0.1, 0.15) is 20.4 Å². The first kappa shape index (κ1) is 93.7. The van der Waals surface area contributed by atoms with Crippen LogP contribution in [0.25, 0.3) is 0 Å². The summed E-state index contributed by atoms with van der Waals surface area (Å²) in [6, 6.07) is 0. The van der Waals surface area contributed by atoms with Crippen LogP contribution in [0, 0.1) is 0 Å². The molecule has 0 bridgehead atoms. The zero-order valence-electron chi connectivity index (χ0n) is 55.2. The van der Waals surface area contributed by atoms with Crippen LogP contribution in [-0.4, -0.2) is 38.9 Å². The van der Waals surface area contributed by atoms with Crippen molar-refractivity contribution < 1.29 is 35.4 Å². The fraction of sp³-hybridized carbons (Fsp3) is 0.958. The fourth-order valence-corrected chi connectivity index (χ4v) is 11.6. The molecule has 0 saturated heterocycles. The Bertz CT molecular complexity index is 712. The third kappa shape index (κ3) is 114. The molecular formula is C72H153O3P3W. The van der Waals surface area contributed by atoms with Crippen molar-refractivity contribution in [3.8, 4) is 0 Å². The first-order valence-electron chi connectivity index (χ1n) is 35.7. The molecule has 0 fully saturated rings. The minimum atomic E-state index is 0. The summed E-state index contributed by atoms with van der Waals surface area (Å²) in [5.41, 5.74) is 0. The number of carbonyl (C=O) groups is 3. The van der Waals surface area contributed by atoms with E-state index in [-0.39, 0.29) is 21.1 Å². The summed E-state index contributed by atoms with van der Waals surface area (Å²) >= 11 is 0. The Balaban J connectivity index is -0.000000186. The SMILES string of the molecule is C=O.C=O.C=O.CCCCCCCCCCCCCCCCCCCCCCCP.CCCCCCCCCCCCCCCCCCCCCCCP.CCCCCCCCCCCCCCCCCCCCCCCP.[W]. The van der Waals surface area contributed by atoms with E-state index in [1.807, 2.05) is 20.4 Å². The van der Waals surface area contributed by atoms with Gasteiger partial charge >= 0.3 is 0 Å². The summed E-state index contributed by atoms with van der Waals surface area (Å²) in [5.74, 6) is 0. The van der Waals surface area contributed by atoms with Crippen LogP contribution in [0.15, 0.2) is 0 Å². The molecular weight excluding hydrogens is 1190 g/mol. The largest absolute Gasteiger partial charge is 0.307 e.